The van der Waals surface area contributed by atoms with Crippen molar-refractivity contribution in [2.45, 2.75) is 31.6 Å². The highest BCUT2D eigenvalue weighted by Crippen LogP contribution is 2.40. The minimum atomic E-state index is -0.816. The van der Waals surface area contributed by atoms with Gasteiger partial charge in [-0.2, -0.15) is 0 Å². The van der Waals surface area contributed by atoms with Crippen molar-refractivity contribution in [3.05, 3.63) is 45.9 Å². The number of benzene rings is 2. The molecule has 0 amide bonds. The van der Waals surface area contributed by atoms with Crippen LogP contribution in [0.4, 0.5) is 0 Å². The van der Waals surface area contributed by atoms with Crippen molar-refractivity contribution in [2.24, 2.45) is 0 Å². The van der Waals surface area contributed by atoms with E-state index in [1.54, 1.807) is 6.07 Å². The molecule has 0 saturated heterocycles. The Balaban J connectivity index is 2.31. The maximum atomic E-state index is 11.5. The zero-order valence-electron chi connectivity index (χ0n) is 10.5. The summed E-state index contributed by atoms with van der Waals surface area (Å²) in [6.45, 7) is 0. The second-order valence-corrected chi connectivity index (χ2v) is 6.00. The van der Waals surface area contributed by atoms with Gasteiger partial charge in [0.1, 0.15) is 0 Å². The minimum absolute atomic E-state index is 0.393. The van der Waals surface area contributed by atoms with Gasteiger partial charge in [-0.15, -0.1) is 0 Å². The smallest absolute Gasteiger partial charge is 0.335 e. The Morgan fingerprint density at radius 2 is 1.84 bits per heavy atom. The fraction of sp³-hybridized carbons (Fsp3) is 0.312. The van der Waals surface area contributed by atoms with Gasteiger partial charge in [0.05, 0.1) is 5.56 Å². The fourth-order valence-corrected chi connectivity index (χ4v) is 3.68. The van der Waals surface area contributed by atoms with E-state index in [2.05, 4.69) is 15.9 Å². The molecule has 0 bridgehead atoms. The molecule has 1 aliphatic rings. The molecule has 0 unspecified atom stereocenters. The standard InChI is InChI=1S/C16H15BrO2/c17-14-7-3-6-12-11(14)8-9-13(16(18)19)15(12)10-4-1-2-5-10/h3,6-10H,1-2,4-5H2,(H,18,19). The number of carbonyl (C=O) groups is 1. The van der Waals surface area contributed by atoms with Crippen LogP contribution in [0.15, 0.2) is 34.8 Å². The van der Waals surface area contributed by atoms with Crippen LogP contribution in [0.1, 0.15) is 47.5 Å². The third-order valence-corrected chi connectivity index (χ3v) is 4.74. The second kappa shape index (κ2) is 4.97. The van der Waals surface area contributed by atoms with Crippen molar-refractivity contribution in [1.29, 1.82) is 0 Å². The summed E-state index contributed by atoms with van der Waals surface area (Å²) in [5.74, 6) is -0.423. The Morgan fingerprint density at radius 1 is 1.11 bits per heavy atom. The lowest BCUT2D eigenvalue weighted by Gasteiger charge is -2.17. The lowest BCUT2D eigenvalue weighted by Crippen LogP contribution is -2.06. The summed E-state index contributed by atoms with van der Waals surface area (Å²) < 4.78 is 1.03. The molecule has 0 radical (unpaired) electrons. The van der Waals surface area contributed by atoms with Crippen molar-refractivity contribution in [3.8, 4) is 0 Å². The van der Waals surface area contributed by atoms with Gasteiger partial charge >= 0.3 is 5.97 Å². The summed E-state index contributed by atoms with van der Waals surface area (Å²) in [7, 11) is 0. The third-order valence-electron chi connectivity index (χ3n) is 4.04. The van der Waals surface area contributed by atoms with Crippen molar-refractivity contribution >= 4 is 32.7 Å². The molecule has 2 aromatic carbocycles. The third kappa shape index (κ3) is 2.16. The van der Waals surface area contributed by atoms with Crippen LogP contribution in [-0.2, 0) is 0 Å². The molecule has 2 nitrogen and oxygen atoms in total. The summed E-state index contributed by atoms with van der Waals surface area (Å²) >= 11 is 3.55. The number of rotatable bonds is 2. The van der Waals surface area contributed by atoms with Gasteiger partial charge in [-0.3, -0.25) is 0 Å². The summed E-state index contributed by atoms with van der Waals surface area (Å²) in [6.07, 6.45) is 4.61. The van der Waals surface area contributed by atoms with Crippen molar-refractivity contribution in [1.82, 2.24) is 0 Å². The minimum Gasteiger partial charge on any atom is -0.478 e. The topological polar surface area (TPSA) is 37.3 Å². The SMILES string of the molecule is O=C(O)c1ccc2c(Br)cccc2c1C1CCCC1. The summed E-state index contributed by atoms with van der Waals surface area (Å²) in [5, 5.41) is 11.6. The number of halogens is 1. The van der Waals surface area contributed by atoms with E-state index in [0.29, 0.717) is 11.5 Å². The van der Waals surface area contributed by atoms with E-state index < -0.39 is 5.97 Å². The van der Waals surface area contributed by atoms with Gasteiger partial charge in [0.2, 0.25) is 0 Å². The quantitative estimate of drug-likeness (QED) is 0.849. The van der Waals surface area contributed by atoms with Gasteiger partial charge in [0.15, 0.2) is 0 Å². The van der Waals surface area contributed by atoms with Crippen molar-refractivity contribution in [3.63, 3.8) is 0 Å². The maximum Gasteiger partial charge on any atom is 0.335 e. The van der Waals surface area contributed by atoms with Crippen molar-refractivity contribution < 1.29 is 9.90 Å². The van der Waals surface area contributed by atoms with E-state index in [0.717, 1.165) is 33.7 Å². The average Bonchev–Trinajstić information content (AvgIpc) is 2.91. The van der Waals surface area contributed by atoms with E-state index in [1.807, 2.05) is 24.3 Å². The highest BCUT2D eigenvalue weighted by atomic mass is 79.9. The molecule has 3 heteroatoms. The second-order valence-electron chi connectivity index (χ2n) is 5.15. The Labute approximate surface area is 120 Å². The number of hydrogen-bond acceptors (Lipinski definition) is 1. The number of hydrogen-bond donors (Lipinski definition) is 1. The largest absolute Gasteiger partial charge is 0.478 e. The molecule has 19 heavy (non-hydrogen) atoms. The molecule has 3 rings (SSSR count). The number of carboxylic acid groups (broad SMARTS) is 1. The molecule has 1 fully saturated rings. The normalized spacial score (nSPS) is 16.1. The Kier molecular flexibility index (Phi) is 3.31. The summed E-state index contributed by atoms with van der Waals surface area (Å²) in [5.41, 5.74) is 1.50. The molecular formula is C16H15BrO2. The molecule has 0 atom stereocenters. The number of fused-ring (bicyclic) bond motifs is 1. The molecule has 2 aromatic rings. The molecule has 1 N–H and O–H groups in total. The lowest BCUT2D eigenvalue weighted by atomic mass is 9.88. The molecule has 1 saturated carbocycles. The number of aromatic carboxylic acids is 1. The Bertz CT molecular complexity index is 642. The first-order chi connectivity index (χ1) is 9.18. The van der Waals surface area contributed by atoms with Crippen LogP contribution in [0.3, 0.4) is 0 Å². The first-order valence-electron chi connectivity index (χ1n) is 6.63. The van der Waals surface area contributed by atoms with Gasteiger partial charge in [0, 0.05) is 4.47 Å². The van der Waals surface area contributed by atoms with Crippen LogP contribution in [0.5, 0.6) is 0 Å². The van der Waals surface area contributed by atoms with Crippen LogP contribution in [0.2, 0.25) is 0 Å². The Morgan fingerprint density at radius 3 is 2.53 bits per heavy atom. The molecule has 0 spiro atoms. The molecule has 0 aliphatic heterocycles. The molecule has 0 heterocycles. The van der Waals surface area contributed by atoms with Gasteiger partial charge < -0.3 is 5.11 Å². The molecular weight excluding hydrogens is 304 g/mol. The monoisotopic (exact) mass is 318 g/mol. The van der Waals surface area contributed by atoms with Crippen LogP contribution < -0.4 is 0 Å². The highest BCUT2D eigenvalue weighted by Gasteiger charge is 2.24. The van der Waals surface area contributed by atoms with Gasteiger partial charge in [-0.05, 0) is 47.2 Å². The van der Waals surface area contributed by atoms with Gasteiger partial charge in [-0.25, -0.2) is 4.79 Å². The molecule has 98 valence electrons. The van der Waals surface area contributed by atoms with E-state index in [9.17, 15) is 9.90 Å². The molecule has 1 aliphatic carbocycles. The predicted octanol–water partition coefficient (Wildman–Crippen LogP) is 4.96. The van der Waals surface area contributed by atoms with E-state index in [4.69, 9.17) is 0 Å². The maximum absolute atomic E-state index is 11.5. The first kappa shape index (κ1) is 12.7. The summed E-state index contributed by atoms with van der Waals surface area (Å²) in [6, 6.07) is 9.68. The van der Waals surface area contributed by atoms with E-state index in [1.165, 1.54) is 12.8 Å². The lowest BCUT2D eigenvalue weighted by molar-refractivity contribution is 0.0695. The zero-order chi connectivity index (χ0) is 13.4. The van der Waals surface area contributed by atoms with Crippen molar-refractivity contribution in [2.75, 3.05) is 0 Å². The average molecular weight is 319 g/mol. The zero-order valence-corrected chi connectivity index (χ0v) is 12.1. The number of carboxylic acids is 1. The van der Waals surface area contributed by atoms with Crippen LogP contribution in [0.25, 0.3) is 10.8 Å². The molecule has 0 aromatic heterocycles. The van der Waals surface area contributed by atoms with Gasteiger partial charge in [0.25, 0.3) is 0 Å². The van der Waals surface area contributed by atoms with Crippen LogP contribution in [0, 0.1) is 0 Å². The van der Waals surface area contributed by atoms with Crippen LogP contribution >= 0.6 is 15.9 Å². The van der Waals surface area contributed by atoms with E-state index >= 15 is 0 Å². The van der Waals surface area contributed by atoms with E-state index in [-0.39, 0.29) is 0 Å². The Hall–Kier alpha value is -1.35. The van der Waals surface area contributed by atoms with Crippen LogP contribution in [-0.4, -0.2) is 11.1 Å². The predicted molar refractivity (Wildman–Crippen MR) is 79.8 cm³/mol. The fourth-order valence-electron chi connectivity index (χ4n) is 3.18. The highest BCUT2D eigenvalue weighted by molar-refractivity contribution is 9.10. The summed E-state index contributed by atoms with van der Waals surface area (Å²) in [4.78, 5) is 11.5. The van der Waals surface area contributed by atoms with Gasteiger partial charge in [-0.1, -0.05) is 47.0 Å². The first-order valence-corrected chi connectivity index (χ1v) is 7.42.